The van der Waals surface area contributed by atoms with Gasteiger partial charge in [0.15, 0.2) is 11.6 Å². The molecule has 1 aliphatic heterocycles. The van der Waals surface area contributed by atoms with Crippen molar-refractivity contribution >= 4 is 5.91 Å². The SMILES string of the molecule is NC(=O)c1ccc(OCCC2CCNCC2)c(F)c1. The number of carbonyl (C=O) groups excluding carboxylic acids is 1. The predicted octanol–water partition coefficient (Wildman–Crippen LogP) is 1.69. The van der Waals surface area contributed by atoms with Gasteiger partial charge in [-0.1, -0.05) is 0 Å². The number of primary amides is 1. The van der Waals surface area contributed by atoms with Crippen molar-refractivity contribution in [3.63, 3.8) is 0 Å². The second kappa shape index (κ2) is 6.52. The molecule has 1 fully saturated rings. The van der Waals surface area contributed by atoms with Crippen molar-refractivity contribution in [2.45, 2.75) is 19.3 Å². The molecule has 104 valence electrons. The molecule has 5 heteroatoms. The van der Waals surface area contributed by atoms with Crippen LogP contribution in [0.15, 0.2) is 18.2 Å². The van der Waals surface area contributed by atoms with E-state index in [0.717, 1.165) is 38.4 Å². The minimum atomic E-state index is -0.639. The maximum atomic E-state index is 13.6. The van der Waals surface area contributed by atoms with E-state index in [1.807, 2.05) is 0 Å². The number of benzene rings is 1. The van der Waals surface area contributed by atoms with Crippen molar-refractivity contribution in [3.05, 3.63) is 29.6 Å². The van der Waals surface area contributed by atoms with Crippen LogP contribution in [-0.4, -0.2) is 25.6 Å². The highest BCUT2D eigenvalue weighted by atomic mass is 19.1. The summed E-state index contributed by atoms with van der Waals surface area (Å²) >= 11 is 0. The molecule has 1 aromatic rings. The van der Waals surface area contributed by atoms with Crippen molar-refractivity contribution in [1.29, 1.82) is 0 Å². The number of hydrogen-bond acceptors (Lipinski definition) is 3. The molecule has 0 radical (unpaired) electrons. The smallest absolute Gasteiger partial charge is 0.248 e. The van der Waals surface area contributed by atoms with Gasteiger partial charge >= 0.3 is 0 Å². The van der Waals surface area contributed by atoms with E-state index in [1.54, 1.807) is 0 Å². The summed E-state index contributed by atoms with van der Waals surface area (Å²) in [5, 5.41) is 3.30. The zero-order chi connectivity index (χ0) is 13.7. The number of halogens is 1. The van der Waals surface area contributed by atoms with E-state index in [2.05, 4.69) is 5.32 Å². The monoisotopic (exact) mass is 266 g/mol. The number of rotatable bonds is 5. The van der Waals surface area contributed by atoms with Gasteiger partial charge in [0.1, 0.15) is 0 Å². The molecule has 0 aliphatic carbocycles. The molecule has 2 rings (SSSR count). The minimum Gasteiger partial charge on any atom is -0.491 e. The standard InChI is InChI=1S/C14H19FN2O2/c15-12-9-11(14(16)18)1-2-13(12)19-8-5-10-3-6-17-7-4-10/h1-2,9-10,17H,3-8H2,(H2,16,18). The Bertz CT molecular complexity index is 445. The highest BCUT2D eigenvalue weighted by Crippen LogP contribution is 2.20. The lowest BCUT2D eigenvalue weighted by Crippen LogP contribution is -2.28. The quantitative estimate of drug-likeness (QED) is 0.852. The first-order valence-corrected chi connectivity index (χ1v) is 6.59. The van der Waals surface area contributed by atoms with Crippen molar-refractivity contribution in [3.8, 4) is 5.75 Å². The van der Waals surface area contributed by atoms with Crippen LogP contribution >= 0.6 is 0 Å². The number of piperidine rings is 1. The molecule has 19 heavy (non-hydrogen) atoms. The minimum absolute atomic E-state index is 0.156. The largest absolute Gasteiger partial charge is 0.491 e. The van der Waals surface area contributed by atoms with E-state index in [9.17, 15) is 9.18 Å². The summed E-state index contributed by atoms with van der Waals surface area (Å²) in [5.41, 5.74) is 5.23. The Labute approximate surface area is 112 Å². The van der Waals surface area contributed by atoms with Crippen molar-refractivity contribution in [2.75, 3.05) is 19.7 Å². The van der Waals surface area contributed by atoms with E-state index < -0.39 is 11.7 Å². The van der Waals surface area contributed by atoms with Gasteiger partial charge in [0, 0.05) is 5.56 Å². The zero-order valence-electron chi connectivity index (χ0n) is 10.8. The van der Waals surface area contributed by atoms with Crippen LogP contribution in [0.5, 0.6) is 5.75 Å². The van der Waals surface area contributed by atoms with Gasteiger partial charge in [0.25, 0.3) is 0 Å². The van der Waals surface area contributed by atoms with E-state index >= 15 is 0 Å². The van der Waals surface area contributed by atoms with Gasteiger partial charge in [-0.2, -0.15) is 0 Å². The average Bonchev–Trinajstić information content (AvgIpc) is 2.41. The highest BCUT2D eigenvalue weighted by molar-refractivity contribution is 5.92. The second-order valence-electron chi connectivity index (χ2n) is 4.84. The zero-order valence-corrected chi connectivity index (χ0v) is 10.8. The van der Waals surface area contributed by atoms with Crippen molar-refractivity contribution in [1.82, 2.24) is 5.32 Å². The van der Waals surface area contributed by atoms with Crippen molar-refractivity contribution in [2.24, 2.45) is 11.7 Å². The van der Waals surface area contributed by atoms with Crippen LogP contribution in [0.2, 0.25) is 0 Å². The third-order valence-corrected chi connectivity index (χ3v) is 3.46. The van der Waals surface area contributed by atoms with Gasteiger partial charge in [-0.3, -0.25) is 4.79 Å². The lowest BCUT2D eigenvalue weighted by molar-refractivity contribution is 0.0999. The Morgan fingerprint density at radius 1 is 1.42 bits per heavy atom. The molecular weight excluding hydrogens is 247 g/mol. The van der Waals surface area contributed by atoms with Crippen LogP contribution in [0.4, 0.5) is 4.39 Å². The van der Waals surface area contributed by atoms with Gasteiger partial charge in [0.2, 0.25) is 5.91 Å². The Hall–Kier alpha value is -1.62. The number of carbonyl (C=O) groups is 1. The fourth-order valence-corrected chi connectivity index (χ4v) is 2.28. The van der Waals surface area contributed by atoms with Crippen molar-refractivity contribution < 1.29 is 13.9 Å². The summed E-state index contributed by atoms with van der Waals surface area (Å²) in [7, 11) is 0. The maximum Gasteiger partial charge on any atom is 0.248 e. The average molecular weight is 266 g/mol. The van der Waals surface area contributed by atoms with Crippen LogP contribution in [0.1, 0.15) is 29.6 Å². The molecule has 0 aromatic heterocycles. The van der Waals surface area contributed by atoms with E-state index in [4.69, 9.17) is 10.5 Å². The normalized spacial score (nSPS) is 16.3. The number of nitrogens with two attached hydrogens (primary N) is 1. The molecule has 1 heterocycles. The number of hydrogen-bond donors (Lipinski definition) is 2. The number of ether oxygens (including phenoxy) is 1. The lowest BCUT2D eigenvalue weighted by Gasteiger charge is -2.22. The third kappa shape index (κ3) is 3.92. The summed E-state index contributed by atoms with van der Waals surface area (Å²) in [5.74, 6) is -0.352. The first-order chi connectivity index (χ1) is 9.16. The Morgan fingerprint density at radius 3 is 2.79 bits per heavy atom. The van der Waals surface area contributed by atoms with Crippen LogP contribution in [-0.2, 0) is 0 Å². The fourth-order valence-electron chi connectivity index (χ4n) is 2.28. The molecule has 1 aliphatic rings. The summed E-state index contributed by atoms with van der Waals surface area (Å²) in [6, 6.07) is 4.05. The molecule has 0 saturated carbocycles. The summed E-state index contributed by atoms with van der Waals surface area (Å²) in [6.07, 6.45) is 3.22. The van der Waals surface area contributed by atoms with Gasteiger partial charge in [-0.05, 0) is 56.5 Å². The molecular formula is C14H19FN2O2. The summed E-state index contributed by atoms with van der Waals surface area (Å²) in [6.45, 7) is 2.59. The van der Waals surface area contributed by atoms with E-state index in [1.165, 1.54) is 12.1 Å². The first-order valence-electron chi connectivity index (χ1n) is 6.59. The first kappa shape index (κ1) is 13.8. The third-order valence-electron chi connectivity index (χ3n) is 3.46. The number of nitrogens with one attached hydrogen (secondary N) is 1. The molecule has 0 unspecified atom stereocenters. The molecule has 1 saturated heterocycles. The predicted molar refractivity (Wildman–Crippen MR) is 70.6 cm³/mol. The van der Waals surface area contributed by atoms with E-state index in [0.29, 0.717) is 12.5 Å². The molecule has 4 nitrogen and oxygen atoms in total. The fraction of sp³-hybridized carbons (Fsp3) is 0.500. The topological polar surface area (TPSA) is 64.4 Å². The summed E-state index contributed by atoms with van der Waals surface area (Å²) < 4.78 is 19.1. The van der Waals surface area contributed by atoms with Crippen LogP contribution in [0.25, 0.3) is 0 Å². The molecule has 0 atom stereocenters. The van der Waals surface area contributed by atoms with Gasteiger partial charge < -0.3 is 15.8 Å². The van der Waals surface area contributed by atoms with Gasteiger partial charge in [-0.25, -0.2) is 4.39 Å². The number of amides is 1. The maximum absolute atomic E-state index is 13.6. The molecule has 0 bridgehead atoms. The molecule has 1 amide bonds. The van der Waals surface area contributed by atoms with Gasteiger partial charge in [-0.15, -0.1) is 0 Å². The van der Waals surface area contributed by atoms with Gasteiger partial charge in [0.05, 0.1) is 6.61 Å². The Balaban J connectivity index is 1.83. The van der Waals surface area contributed by atoms with Crippen LogP contribution in [0, 0.1) is 11.7 Å². The molecule has 3 N–H and O–H groups in total. The van der Waals surface area contributed by atoms with E-state index in [-0.39, 0.29) is 11.3 Å². The summed E-state index contributed by atoms with van der Waals surface area (Å²) in [4.78, 5) is 10.9. The van der Waals surface area contributed by atoms with Crippen LogP contribution < -0.4 is 15.8 Å². The molecule has 1 aromatic carbocycles. The Morgan fingerprint density at radius 2 is 2.16 bits per heavy atom. The van der Waals surface area contributed by atoms with Crippen LogP contribution in [0.3, 0.4) is 0 Å². The highest BCUT2D eigenvalue weighted by Gasteiger charge is 2.13. The second-order valence-corrected chi connectivity index (χ2v) is 4.84. The molecule has 0 spiro atoms. The Kier molecular flexibility index (Phi) is 4.74. The lowest BCUT2D eigenvalue weighted by atomic mass is 9.95.